The van der Waals surface area contributed by atoms with Gasteiger partial charge in [-0.3, -0.25) is 9.59 Å². The van der Waals surface area contributed by atoms with Gasteiger partial charge in [-0.05, 0) is 0 Å². The van der Waals surface area contributed by atoms with E-state index in [1.807, 2.05) is 0 Å². The monoisotopic (exact) mass is 158 g/mol. The summed E-state index contributed by atoms with van der Waals surface area (Å²) in [6.45, 7) is 0. The second-order valence-corrected chi connectivity index (χ2v) is 1.49. The Morgan fingerprint density at radius 2 is 1.60 bits per heavy atom. The zero-order valence-electron chi connectivity index (χ0n) is 4.54. The Hall–Kier alpha value is -0.940. The van der Waals surface area contributed by atoms with Crippen LogP contribution in [0.2, 0.25) is 0 Å². The van der Waals surface area contributed by atoms with Crippen molar-refractivity contribution in [2.24, 2.45) is 0 Å². The second-order valence-electron chi connectivity index (χ2n) is 1.49. The minimum absolute atomic E-state index is 2.03. The molecule has 0 atom stereocenters. The van der Waals surface area contributed by atoms with Crippen LogP contribution in [0.4, 0.5) is 17.6 Å². The predicted octanol–water partition coefficient (Wildman–Crippen LogP) is 1.00. The summed E-state index contributed by atoms with van der Waals surface area (Å²) < 4.78 is 44.5. The van der Waals surface area contributed by atoms with E-state index < -0.39 is 24.4 Å². The molecule has 0 N–H and O–H groups in total. The van der Waals surface area contributed by atoms with Crippen molar-refractivity contribution in [1.29, 1.82) is 0 Å². The van der Waals surface area contributed by atoms with E-state index in [2.05, 4.69) is 0 Å². The Bertz CT molecular complexity index is 159. The summed E-state index contributed by atoms with van der Waals surface area (Å²) in [4.78, 5) is 19.0. The number of rotatable bonds is 2. The fourth-order valence-corrected chi connectivity index (χ4v) is 0.252. The van der Waals surface area contributed by atoms with Gasteiger partial charge in [0.2, 0.25) is 5.78 Å². The van der Waals surface area contributed by atoms with E-state index in [4.69, 9.17) is 0 Å². The van der Waals surface area contributed by atoms with Crippen molar-refractivity contribution in [3.05, 3.63) is 0 Å². The average molecular weight is 158 g/mol. The first kappa shape index (κ1) is 9.06. The largest absolute Gasteiger partial charge is 0.396 e. The Morgan fingerprint density at radius 3 is 1.70 bits per heavy atom. The van der Waals surface area contributed by atoms with Gasteiger partial charge in [0.25, 0.3) is 0 Å². The number of carbonyl (C=O) groups is 2. The molecule has 0 aliphatic rings. The van der Waals surface area contributed by atoms with Crippen LogP contribution in [0.25, 0.3) is 0 Å². The first-order valence-electron chi connectivity index (χ1n) is 2.12. The molecule has 10 heavy (non-hydrogen) atoms. The van der Waals surface area contributed by atoms with E-state index in [0.717, 1.165) is 0 Å². The zero-order valence-corrected chi connectivity index (χ0v) is 4.54. The first-order chi connectivity index (χ1) is 4.33. The topological polar surface area (TPSA) is 34.1 Å². The van der Waals surface area contributed by atoms with Crippen LogP contribution in [-0.2, 0) is 9.59 Å². The Morgan fingerprint density at radius 1 is 1.20 bits per heavy atom. The van der Waals surface area contributed by atoms with Crippen molar-refractivity contribution in [2.75, 3.05) is 0 Å². The van der Waals surface area contributed by atoms with Gasteiger partial charge < -0.3 is 0 Å². The third-order valence-electron chi connectivity index (χ3n) is 0.580. The SMILES string of the molecule is O=C(F)C(=O)CC(F)(F)F. The molecule has 0 aliphatic heterocycles. The molecule has 0 bridgehead atoms. The highest BCUT2D eigenvalue weighted by molar-refractivity contribution is 6.33. The van der Waals surface area contributed by atoms with Crippen molar-refractivity contribution in [1.82, 2.24) is 0 Å². The highest BCUT2D eigenvalue weighted by atomic mass is 19.4. The summed E-state index contributed by atoms with van der Waals surface area (Å²) in [6, 6.07) is -2.56. The summed E-state index contributed by atoms with van der Waals surface area (Å²) in [5, 5.41) is 0. The number of Topliss-reactive ketones (excluding diaryl/α,β-unsaturated/α-hetero) is 1. The fraction of sp³-hybridized carbons (Fsp3) is 0.500. The molecule has 0 rings (SSSR count). The third kappa shape index (κ3) is 3.99. The summed E-state index contributed by atoms with van der Waals surface area (Å²) in [5.41, 5.74) is 0. The Labute approximate surface area is 52.8 Å². The van der Waals surface area contributed by atoms with Crippen LogP contribution in [0.3, 0.4) is 0 Å². The smallest absolute Gasteiger partial charge is 0.287 e. The van der Waals surface area contributed by atoms with E-state index >= 15 is 0 Å². The first-order valence-corrected chi connectivity index (χ1v) is 2.12. The zero-order chi connectivity index (χ0) is 8.36. The van der Waals surface area contributed by atoms with Crippen LogP contribution in [0.15, 0.2) is 0 Å². The van der Waals surface area contributed by atoms with Gasteiger partial charge in [-0.1, -0.05) is 0 Å². The quantitative estimate of drug-likeness (QED) is 0.341. The molecule has 0 aliphatic carbocycles. The maximum atomic E-state index is 11.1. The molecule has 0 spiro atoms. The van der Waals surface area contributed by atoms with Crippen LogP contribution >= 0.6 is 0 Å². The number of alkyl halides is 3. The van der Waals surface area contributed by atoms with Crippen molar-refractivity contribution in [2.45, 2.75) is 12.6 Å². The van der Waals surface area contributed by atoms with Gasteiger partial charge in [-0.2, -0.15) is 17.6 Å². The Balaban J connectivity index is 3.93. The minimum atomic E-state index is -4.81. The fourth-order valence-electron chi connectivity index (χ4n) is 0.252. The molecule has 0 fully saturated rings. The van der Waals surface area contributed by atoms with E-state index in [9.17, 15) is 27.2 Å². The highest BCUT2D eigenvalue weighted by Crippen LogP contribution is 2.19. The van der Waals surface area contributed by atoms with Crippen LogP contribution in [-0.4, -0.2) is 18.0 Å². The summed E-state index contributed by atoms with van der Waals surface area (Å²) in [7, 11) is 0. The molecule has 0 saturated carbocycles. The number of ketones is 1. The van der Waals surface area contributed by atoms with Gasteiger partial charge in [0.05, 0.1) is 0 Å². The summed E-state index contributed by atoms with van der Waals surface area (Å²) >= 11 is 0. The molecule has 0 heterocycles. The number of carbonyl (C=O) groups excluding carboxylic acids is 2. The van der Waals surface area contributed by atoms with E-state index in [0.29, 0.717) is 0 Å². The number of halogens is 4. The third-order valence-corrected chi connectivity index (χ3v) is 0.580. The molecule has 58 valence electrons. The molecule has 6 heteroatoms. The second kappa shape index (κ2) is 2.76. The van der Waals surface area contributed by atoms with Crippen LogP contribution < -0.4 is 0 Å². The van der Waals surface area contributed by atoms with Crippen LogP contribution in [0, 0.1) is 0 Å². The van der Waals surface area contributed by atoms with Gasteiger partial charge in [-0.15, -0.1) is 0 Å². The lowest BCUT2D eigenvalue weighted by molar-refractivity contribution is -0.161. The van der Waals surface area contributed by atoms with E-state index in [1.165, 1.54) is 0 Å². The average Bonchev–Trinajstić information content (AvgIpc) is 1.60. The molecule has 0 amide bonds. The van der Waals surface area contributed by atoms with Crippen LogP contribution in [0.5, 0.6) is 0 Å². The summed E-state index contributed by atoms with van der Waals surface area (Å²) in [5.74, 6) is -2.06. The van der Waals surface area contributed by atoms with Gasteiger partial charge in [0.1, 0.15) is 6.42 Å². The minimum Gasteiger partial charge on any atom is -0.287 e. The predicted molar refractivity (Wildman–Crippen MR) is 21.8 cm³/mol. The van der Waals surface area contributed by atoms with Gasteiger partial charge in [0, 0.05) is 0 Å². The van der Waals surface area contributed by atoms with E-state index in [1.54, 1.807) is 0 Å². The molecular weight excluding hydrogens is 156 g/mol. The molecular formula is C4H2F4O2. The molecule has 0 aromatic heterocycles. The lowest BCUT2D eigenvalue weighted by Gasteiger charge is -1.99. The lowest BCUT2D eigenvalue weighted by atomic mass is 10.3. The molecule has 0 aromatic carbocycles. The molecule has 0 radical (unpaired) electrons. The number of hydrogen-bond acceptors (Lipinski definition) is 2. The maximum absolute atomic E-state index is 11.1. The molecule has 2 nitrogen and oxygen atoms in total. The van der Waals surface area contributed by atoms with Gasteiger partial charge in [0.15, 0.2) is 0 Å². The van der Waals surface area contributed by atoms with Crippen molar-refractivity contribution >= 4 is 11.8 Å². The lowest BCUT2D eigenvalue weighted by Crippen LogP contribution is -2.19. The van der Waals surface area contributed by atoms with Crippen LogP contribution in [0.1, 0.15) is 6.42 Å². The maximum Gasteiger partial charge on any atom is 0.396 e. The Kier molecular flexibility index (Phi) is 2.50. The van der Waals surface area contributed by atoms with Crippen molar-refractivity contribution < 1.29 is 27.2 Å². The van der Waals surface area contributed by atoms with Gasteiger partial charge >= 0.3 is 12.2 Å². The highest BCUT2D eigenvalue weighted by Gasteiger charge is 2.33. The molecule has 0 saturated heterocycles. The van der Waals surface area contributed by atoms with Crippen molar-refractivity contribution in [3.63, 3.8) is 0 Å². The standard InChI is InChI=1S/C4H2F4O2/c5-3(10)2(9)1-4(6,7)8/h1H2. The molecule has 0 unspecified atom stereocenters. The molecule has 0 aromatic rings. The van der Waals surface area contributed by atoms with Crippen molar-refractivity contribution in [3.8, 4) is 0 Å². The summed E-state index contributed by atoms with van der Waals surface area (Å²) in [6.07, 6.45) is -6.83. The van der Waals surface area contributed by atoms with E-state index in [-0.39, 0.29) is 0 Å². The van der Waals surface area contributed by atoms with Gasteiger partial charge in [-0.25, -0.2) is 0 Å². The normalized spacial score (nSPS) is 11.2. The number of hydrogen-bond donors (Lipinski definition) is 0.